The molecule has 6 nitrogen and oxygen atoms in total. The predicted molar refractivity (Wildman–Crippen MR) is 93.5 cm³/mol. The average molecular weight is 346 g/mol. The van der Waals surface area contributed by atoms with Gasteiger partial charge in [0.15, 0.2) is 0 Å². The van der Waals surface area contributed by atoms with Gasteiger partial charge in [-0.05, 0) is 36.8 Å². The van der Waals surface area contributed by atoms with E-state index in [9.17, 15) is 9.59 Å². The molecule has 124 valence electrons. The smallest absolute Gasteiger partial charge is 0.329 e. The monoisotopic (exact) mass is 345 g/mol. The van der Waals surface area contributed by atoms with Crippen LogP contribution in [0.5, 0.6) is 5.75 Å². The Morgan fingerprint density at radius 3 is 2.67 bits per heavy atom. The average Bonchev–Trinajstić information content (AvgIpc) is 2.58. The quantitative estimate of drug-likeness (QED) is 0.508. The third kappa shape index (κ3) is 4.57. The van der Waals surface area contributed by atoms with Crippen molar-refractivity contribution >= 4 is 35.3 Å². The minimum atomic E-state index is -0.888. The van der Waals surface area contributed by atoms with E-state index in [0.29, 0.717) is 22.0 Å². The van der Waals surface area contributed by atoms with Crippen molar-refractivity contribution in [3.63, 3.8) is 0 Å². The maximum Gasteiger partial charge on any atom is 0.329 e. The molecule has 7 heteroatoms. The number of ether oxygens (including phenoxy) is 1. The number of para-hydroxylation sites is 1. The summed E-state index contributed by atoms with van der Waals surface area (Å²) in [5.41, 5.74) is 4.10. The number of anilines is 1. The molecule has 0 atom stereocenters. The molecule has 0 saturated heterocycles. The van der Waals surface area contributed by atoms with E-state index in [2.05, 4.69) is 15.8 Å². The third-order valence-corrected chi connectivity index (χ3v) is 3.40. The Labute approximate surface area is 144 Å². The Morgan fingerprint density at radius 2 is 1.92 bits per heavy atom. The van der Waals surface area contributed by atoms with Crippen molar-refractivity contribution in [3.05, 3.63) is 58.6 Å². The summed E-state index contributed by atoms with van der Waals surface area (Å²) in [5, 5.41) is 6.71. The molecule has 0 spiro atoms. The number of hydrogen-bond donors (Lipinski definition) is 2. The van der Waals surface area contributed by atoms with Crippen molar-refractivity contribution in [2.75, 3.05) is 12.4 Å². The Kier molecular flexibility index (Phi) is 5.92. The van der Waals surface area contributed by atoms with Crippen molar-refractivity contribution < 1.29 is 14.3 Å². The van der Waals surface area contributed by atoms with Crippen molar-refractivity contribution in [1.82, 2.24) is 5.43 Å². The molecule has 24 heavy (non-hydrogen) atoms. The summed E-state index contributed by atoms with van der Waals surface area (Å²) in [6.07, 6.45) is 1.40. The molecule has 0 aliphatic heterocycles. The zero-order valence-electron chi connectivity index (χ0n) is 13.2. The molecule has 0 bridgehead atoms. The fourth-order valence-corrected chi connectivity index (χ4v) is 2.06. The van der Waals surface area contributed by atoms with E-state index in [-0.39, 0.29) is 0 Å². The first-order valence-electron chi connectivity index (χ1n) is 7.05. The number of methoxy groups -OCH3 is 1. The lowest BCUT2D eigenvalue weighted by Crippen LogP contribution is -2.32. The highest BCUT2D eigenvalue weighted by atomic mass is 35.5. The summed E-state index contributed by atoms with van der Waals surface area (Å²) in [6.45, 7) is 1.80. The lowest BCUT2D eigenvalue weighted by Gasteiger charge is -2.07. The Bertz CT molecular complexity index is 790. The number of hydrogen-bond acceptors (Lipinski definition) is 4. The van der Waals surface area contributed by atoms with Gasteiger partial charge in [0.05, 0.1) is 13.3 Å². The number of nitrogens with one attached hydrogen (secondary N) is 2. The number of carbonyl (C=O) groups is 2. The van der Waals surface area contributed by atoms with Gasteiger partial charge in [-0.15, -0.1) is 0 Å². The third-order valence-electron chi connectivity index (χ3n) is 3.16. The lowest BCUT2D eigenvalue weighted by molar-refractivity contribution is -0.136. The molecule has 2 amide bonds. The molecule has 0 fully saturated rings. The van der Waals surface area contributed by atoms with E-state index in [1.807, 2.05) is 6.07 Å². The SMILES string of the molecule is COc1ccccc1/C=N\NC(=O)C(=O)Nc1cc(Cl)ccc1C. The number of aryl methyl sites for hydroxylation is 1. The Hall–Kier alpha value is -2.86. The molecule has 0 aliphatic rings. The van der Waals surface area contributed by atoms with E-state index >= 15 is 0 Å². The largest absolute Gasteiger partial charge is 0.496 e. The highest BCUT2D eigenvalue weighted by Crippen LogP contribution is 2.20. The van der Waals surface area contributed by atoms with Gasteiger partial charge in [-0.25, -0.2) is 5.43 Å². The minimum Gasteiger partial charge on any atom is -0.496 e. The summed E-state index contributed by atoms with van der Waals surface area (Å²) in [6, 6.07) is 12.2. The minimum absolute atomic E-state index is 0.463. The first kappa shape index (κ1) is 17.5. The van der Waals surface area contributed by atoms with Crippen molar-refractivity contribution in [3.8, 4) is 5.75 Å². The first-order valence-corrected chi connectivity index (χ1v) is 7.42. The van der Waals surface area contributed by atoms with Gasteiger partial charge in [0.25, 0.3) is 0 Å². The van der Waals surface area contributed by atoms with Gasteiger partial charge in [0, 0.05) is 16.3 Å². The van der Waals surface area contributed by atoms with Crippen LogP contribution in [0.2, 0.25) is 5.02 Å². The number of benzene rings is 2. The molecule has 0 unspecified atom stereocenters. The summed E-state index contributed by atoms with van der Waals surface area (Å²) >= 11 is 5.87. The van der Waals surface area contributed by atoms with Crippen LogP contribution in [0.3, 0.4) is 0 Å². The fraction of sp³-hybridized carbons (Fsp3) is 0.118. The number of rotatable bonds is 4. The molecule has 0 aromatic heterocycles. The normalized spacial score (nSPS) is 10.5. The molecule has 2 N–H and O–H groups in total. The molecular weight excluding hydrogens is 330 g/mol. The Morgan fingerprint density at radius 1 is 1.17 bits per heavy atom. The summed E-state index contributed by atoms with van der Waals surface area (Å²) < 4.78 is 5.16. The number of nitrogens with zero attached hydrogens (tertiary/aromatic N) is 1. The predicted octanol–water partition coefficient (Wildman–Crippen LogP) is 2.75. The molecule has 0 heterocycles. The van der Waals surface area contributed by atoms with Crippen LogP contribution in [0.4, 0.5) is 5.69 Å². The molecule has 2 rings (SSSR count). The van der Waals surface area contributed by atoms with Crippen LogP contribution < -0.4 is 15.5 Å². The summed E-state index contributed by atoms with van der Waals surface area (Å²) in [4.78, 5) is 23.7. The second-order valence-electron chi connectivity index (χ2n) is 4.85. The number of hydrazone groups is 1. The van der Waals surface area contributed by atoms with Crippen molar-refractivity contribution in [2.24, 2.45) is 5.10 Å². The van der Waals surface area contributed by atoms with E-state index in [0.717, 1.165) is 5.56 Å². The van der Waals surface area contributed by atoms with Crippen molar-refractivity contribution in [1.29, 1.82) is 0 Å². The number of amides is 2. The van der Waals surface area contributed by atoms with Gasteiger partial charge in [0.2, 0.25) is 0 Å². The zero-order chi connectivity index (χ0) is 17.5. The zero-order valence-corrected chi connectivity index (χ0v) is 13.9. The summed E-state index contributed by atoms with van der Waals surface area (Å²) in [5.74, 6) is -1.12. The highest BCUT2D eigenvalue weighted by molar-refractivity contribution is 6.40. The van der Waals surface area contributed by atoms with Crippen LogP contribution in [0, 0.1) is 6.92 Å². The van der Waals surface area contributed by atoms with E-state index < -0.39 is 11.8 Å². The lowest BCUT2D eigenvalue weighted by atomic mass is 10.2. The second-order valence-corrected chi connectivity index (χ2v) is 5.29. The second kappa shape index (κ2) is 8.12. The maximum absolute atomic E-state index is 11.9. The molecular formula is C17H16ClN3O3. The van der Waals surface area contributed by atoms with Gasteiger partial charge >= 0.3 is 11.8 Å². The van der Waals surface area contributed by atoms with Gasteiger partial charge in [-0.3, -0.25) is 9.59 Å². The van der Waals surface area contributed by atoms with Gasteiger partial charge in [-0.1, -0.05) is 29.8 Å². The molecule has 0 aliphatic carbocycles. The van der Waals surface area contributed by atoms with Crippen LogP contribution in [0.15, 0.2) is 47.6 Å². The van der Waals surface area contributed by atoms with Crippen LogP contribution in [0.25, 0.3) is 0 Å². The van der Waals surface area contributed by atoms with Crippen LogP contribution >= 0.6 is 11.6 Å². The van der Waals surface area contributed by atoms with E-state index in [4.69, 9.17) is 16.3 Å². The number of halogens is 1. The molecule has 2 aromatic rings. The Balaban J connectivity index is 1.98. The van der Waals surface area contributed by atoms with Gasteiger partial charge in [0.1, 0.15) is 5.75 Å². The summed E-state index contributed by atoms with van der Waals surface area (Å²) in [7, 11) is 1.53. The van der Waals surface area contributed by atoms with Crippen LogP contribution in [-0.4, -0.2) is 25.1 Å². The first-order chi connectivity index (χ1) is 11.5. The van der Waals surface area contributed by atoms with Gasteiger partial charge in [-0.2, -0.15) is 5.10 Å². The van der Waals surface area contributed by atoms with Crippen LogP contribution in [0.1, 0.15) is 11.1 Å². The highest BCUT2D eigenvalue weighted by Gasteiger charge is 2.14. The topological polar surface area (TPSA) is 79.8 Å². The maximum atomic E-state index is 11.9. The molecule has 2 aromatic carbocycles. The van der Waals surface area contributed by atoms with E-state index in [1.165, 1.54) is 13.3 Å². The molecule has 0 radical (unpaired) electrons. The number of carbonyl (C=O) groups excluding carboxylic acids is 2. The fourth-order valence-electron chi connectivity index (χ4n) is 1.89. The van der Waals surface area contributed by atoms with Gasteiger partial charge < -0.3 is 10.1 Å². The molecule has 0 saturated carbocycles. The standard InChI is InChI=1S/C17H16ClN3O3/c1-11-7-8-13(18)9-14(11)20-16(22)17(23)21-19-10-12-5-3-4-6-15(12)24-2/h3-10H,1-2H3,(H,20,22)(H,21,23)/b19-10-. The van der Waals surface area contributed by atoms with Crippen LogP contribution in [-0.2, 0) is 9.59 Å². The van der Waals surface area contributed by atoms with Crippen molar-refractivity contribution in [2.45, 2.75) is 6.92 Å². The van der Waals surface area contributed by atoms with E-state index in [1.54, 1.807) is 43.3 Å².